The Hall–Kier alpha value is -1.14. The fourth-order valence-corrected chi connectivity index (χ4v) is 0.650. The Morgan fingerprint density at radius 3 is 1.25 bits per heavy atom. The van der Waals surface area contributed by atoms with Crippen molar-refractivity contribution in [2.24, 2.45) is 0 Å². The zero-order valence-corrected chi connectivity index (χ0v) is 7.75. The first-order chi connectivity index (χ1) is 6.79. The summed E-state index contributed by atoms with van der Waals surface area (Å²) in [6.45, 7) is 0. The minimum atomic E-state index is -0.303. The predicted octanol–water partition coefficient (Wildman–Crippen LogP) is -0.194. The molecule has 0 radical (unpaired) electrons. The predicted molar refractivity (Wildman–Crippen MR) is 60.7 cm³/mol. The van der Waals surface area contributed by atoms with Gasteiger partial charge in [0, 0.05) is 12.1 Å². The van der Waals surface area contributed by atoms with Crippen LogP contribution in [0.25, 0.3) is 0 Å². The molecule has 0 unspecified atom stereocenters. The fraction of sp³-hybridized carbons (Fsp3) is 0. The Labute approximate surface area is 113 Å². The summed E-state index contributed by atoms with van der Waals surface area (Å²) in [5.41, 5.74) is -0.606. The molecule has 2 heterocycles. The molecule has 82 valence electrons. The van der Waals surface area contributed by atoms with Crippen LogP contribution in [0.3, 0.4) is 0 Å². The van der Waals surface area contributed by atoms with Gasteiger partial charge in [-0.1, -0.05) is 12.1 Å². The van der Waals surface area contributed by atoms with Gasteiger partial charge in [-0.25, -0.2) is 9.59 Å². The summed E-state index contributed by atoms with van der Waals surface area (Å²) in [4.78, 5) is 20.2. The summed E-state index contributed by atoms with van der Waals surface area (Å²) in [7, 11) is 0. The molecule has 0 amide bonds. The molecule has 0 aliphatic rings. The molecular formula is C10H11NaO5. The van der Waals surface area contributed by atoms with Gasteiger partial charge in [-0.15, -0.1) is 0 Å². The molecular weight excluding hydrogens is 223 g/mol. The monoisotopic (exact) mass is 234 g/mol. The van der Waals surface area contributed by atoms with Gasteiger partial charge in [0.25, 0.3) is 0 Å². The van der Waals surface area contributed by atoms with Crippen LogP contribution in [0, 0.1) is 0 Å². The van der Waals surface area contributed by atoms with E-state index in [1.165, 1.54) is 24.7 Å². The first-order valence-corrected chi connectivity index (χ1v) is 3.87. The van der Waals surface area contributed by atoms with Crippen LogP contribution in [0.15, 0.2) is 67.3 Å². The van der Waals surface area contributed by atoms with Gasteiger partial charge < -0.3 is 14.3 Å². The molecule has 0 fully saturated rings. The van der Waals surface area contributed by atoms with Crippen molar-refractivity contribution in [3.63, 3.8) is 0 Å². The third kappa shape index (κ3) is 8.19. The first-order valence-electron chi connectivity index (χ1n) is 3.87. The topological polar surface area (TPSA) is 91.9 Å². The van der Waals surface area contributed by atoms with E-state index in [0.717, 1.165) is 0 Å². The summed E-state index contributed by atoms with van der Waals surface area (Å²) < 4.78 is 8.74. The van der Waals surface area contributed by atoms with Crippen molar-refractivity contribution in [1.82, 2.24) is 0 Å². The number of rotatable bonds is 0. The van der Waals surface area contributed by atoms with Crippen LogP contribution < -0.4 is 11.3 Å². The van der Waals surface area contributed by atoms with Crippen molar-refractivity contribution in [2.45, 2.75) is 0 Å². The van der Waals surface area contributed by atoms with Gasteiger partial charge in [-0.05, 0) is 12.1 Å². The van der Waals surface area contributed by atoms with Crippen LogP contribution >= 0.6 is 0 Å². The average Bonchev–Trinajstić information content (AvgIpc) is 2.21. The first kappa shape index (κ1) is 17.3. The van der Waals surface area contributed by atoms with E-state index < -0.39 is 0 Å². The number of hydrogen-bond donors (Lipinski definition) is 0. The van der Waals surface area contributed by atoms with E-state index in [0.29, 0.717) is 0 Å². The molecule has 6 heteroatoms. The molecule has 0 spiro atoms. The molecule has 5 nitrogen and oxygen atoms in total. The van der Waals surface area contributed by atoms with Crippen molar-refractivity contribution in [3.05, 3.63) is 69.8 Å². The van der Waals surface area contributed by atoms with Gasteiger partial charge in [0.1, 0.15) is 0 Å². The van der Waals surface area contributed by atoms with Crippen molar-refractivity contribution in [2.75, 3.05) is 0 Å². The van der Waals surface area contributed by atoms with E-state index in [-0.39, 0.29) is 46.3 Å². The second-order valence-corrected chi connectivity index (χ2v) is 2.25. The molecule has 16 heavy (non-hydrogen) atoms. The molecule has 2 aromatic rings. The van der Waals surface area contributed by atoms with Crippen LogP contribution in [0.5, 0.6) is 0 Å². The second kappa shape index (κ2) is 10.4. The molecule has 0 atom stereocenters. The van der Waals surface area contributed by atoms with Gasteiger partial charge in [-0.3, -0.25) is 0 Å². The normalized spacial score (nSPS) is 7.50. The van der Waals surface area contributed by atoms with Crippen LogP contribution in [0.4, 0.5) is 0 Å². The Morgan fingerprint density at radius 2 is 1.12 bits per heavy atom. The van der Waals surface area contributed by atoms with Crippen LogP contribution in [0.1, 0.15) is 0 Å². The standard InChI is InChI=1S/2C5H4O2.Na.H2O.H/c2*6-5-3-1-2-4-7-5;;;/h2*1-4H;;1H2;. The molecule has 2 rings (SSSR count). The molecule has 0 saturated heterocycles. The molecule has 0 bridgehead atoms. The van der Waals surface area contributed by atoms with Crippen molar-refractivity contribution in [3.8, 4) is 0 Å². The van der Waals surface area contributed by atoms with E-state index in [9.17, 15) is 9.59 Å². The maximum atomic E-state index is 10.1. The van der Waals surface area contributed by atoms with Crippen LogP contribution in [-0.2, 0) is 0 Å². The molecule has 2 aromatic heterocycles. The Bertz CT molecular complexity index is 396. The maximum absolute atomic E-state index is 10.1. The Morgan fingerprint density at radius 1 is 0.750 bits per heavy atom. The zero-order chi connectivity index (χ0) is 10.2. The van der Waals surface area contributed by atoms with Crippen LogP contribution in [0.2, 0.25) is 0 Å². The van der Waals surface area contributed by atoms with Gasteiger partial charge in [0.15, 0.2) is 0 Å². The van der Waals surface area contributed by atoms with Gasteiger partial charge in [-0.2, -0.15) is 0 Å². The Kier molecular flexibility index (Phi) is 11.2. The summed E-state index contributed by atoms with van der Waals surface area (Å²) in [5, 5.41) is 0. The third-order valence-corrected chi connectivity index (χ3v) is 1.21. The van der Waals surface area contributed by atoms with Crippen molar-refractivity contribution < 1.29 is 14.3 Å². The molecule has 2 N–H and O–H groups in total. The Balaban J connectivity index is 0. The van der Waals surface area contributed by atoms with Crippen molar-refractivity contribution >= 4 is 29.6 Å². The fourth-order valence-electron chi connectivity index (χ4n) is 0.650. The zero-order valence-electron chi connectivity index (χ0n) is 7.75. The van der Waals surface area contributed by atoms with Gasteiger partial charge in [0.05, 0.1) is 12.5 Å². The third-order valence-electron chi connectivity index (χ3n) is 1.21. The van der Waals surface area contributed by atoms with Crippen LogP contribution in [-0.4, -0.2) is 35.0 Å². The van der Waals surface area contributed by atoms with E-state index in [1.807, 2.05) is 0 Å². The van der Waals surface area contributed by atoms with E-state index in [2.05, 4.69) is 8.83 Å². The summed E-state index contributed by atoms with van der Waals surface area (Å²) >= 11 is 0. The van der Waals surface area contributed by atoms with E-state index in [4.69, 9.17) is 0 Å². The number of hydrogen-bond acceptors (Lipinski definition) is 4. The second-order valence-electron chi connectivity index (χ2n) is 2.25. The minimum absolute atomic E-state index is 0. The van der Waals surface area contributed by atoms with Crippen molar-refractivity contribution in [1.29, 1.82) is 0 Å². The average molecular weight is 234 g/mol. The van der Waals surface area contributed by atoms with E-state index in [1.54, 1.807) is 24.3 Å². The SMILES string of the molecule is O.O=c1cccco1.O=c1cccco1.[NaH]. The molecule has 0 aliphatic heterocycles. The van der Waals surface area contributed by atoms with Gasteiger partial charge in [0.2, 0.25) is 0 Å². The molecule has 0 saturated carbocycles. The summed E-state index contributed by atoms with van der Waals surface area (Å²) in [6.07, 6.45) is 2.70. The summed E-state index contributed by atoms with van der Waals surface area (Å²) in [6, 6.07) is 9.29. The molecule has 0 aromatic carbocycles. The van der Waals surface area contributed by atoms with Gasteiger partial charge >= 0.3 is 40.8 Å². The summed E-state index contributed by atoms with van der Waals surface area (Å²) in [5.74, 6) is 0. The quantitative estimate of drug-likeness (QED) is 0.590. The molecule has 0 aliphatic carbocycles. The van der Waals surface area contributed by atoms with E-state index >= 15 is 0 Å².